The molecule has 0 aliphatic carbocycles. The van der Waals surface area contributed by atoms with Crippen molar-refractivity contribution in [2.24, 2.45) is 9.98 Å². The standard InChI is InChI=1S/C19H15F6N3.ClH/c20-18(21,22)15-5-1-13(2-6-15)9-27-11-17(26)12-28-10-14-3-7-16(8-4-14)19(23,24)25;/h1-10,26H,11-12H2;1H. The molecule has 3 nitrogen and oxygen atoms in total. The summed E-state index contributed by atoms with van der Waals surface area (Å²) in [4.78, 5) is 7.94. The lowest BCUT2D eigenvalue weighted by Crippen LogP contribution is -2.07. The van der Waals surface area contributed by atoms with Crippen molar-refractivity contribution >= 4 is 30.5 Å². The van der Waals surface area contributed by atoms with Gasteiger partial charge in [0, 0.05) is 12.4 Å². The van der Waals surface area contributed by atoms with Gasteiger partial charge >= 0.3 is 12.4 Å². The van der Waals surface area contributed by atoms with Crippen LogP contribution in [0.3, 0.4) is 0 Å². The second-order valence-electron chi connectivity index (χ2n) is 5.78. The van der Waals surface area contributed by atoms with Crippen LogP contribution in [0.25, 0.3) is 0 Å². The molecule has 2 aromatic rings. The molecule has 0 atom stereocenters. The van der Waals surface area contributed by atoms with Crippen LogP contribution in [0.5, 0.6) is 0 Å². The molecule has 0 aliphatic rings. The molecule has 0 unspecified atom stereocenters. The number of hydrogen-bond donors (Lipinski definition) is 1. The van der Waals surface area contributed by atoms with Gasteiger partial charge in [0.1, 0.15) is 0 Å². The minimum atomic E-state index is -4.40. The Balaban J connectivity index is 0.00000420. The number of aliphatic imine (C=N–C) groups is 2. The third-order valence-electron chi connectivity index (χ3n) is 3.52. The highest BCUT2D eigenvalue weighted by Gasteiger charge is 2.30. The van der Waals surface area contributed by atoms with Gasteiger partial charge < -0.3 is 5.41 Å². The van der Waals surface area contributed by atoms with Gasteiger partial charge in [-0.1, -0.05) is 24.3 Å². The van der Waals surface area contributed by atoms with E-state index in [1.807, 2.05) is 0 Å². The van der Waals surface area contributed by atoms with Crippen LogP contribution in [0.15, 0.2) is 58.5 Å². The van der Waals surface area contributed by atoms with Gasteiger partial charge in [-0.2, -0.15) is 26.3 Å². The molecule has 0 saturated heterocycles. The summed E-state index contributed by atoms with van der Waals surface area (Å²) in [5.74, 6) is 0. The average molecular weight is 436 g/mol. The van der Waals surface area contributed by atoms with Crippen LogP contribution in [0, 0.1) is 5.41 Å². The highest BCUT2D eigenvalue weighted by molar-refractivity contribution is 5.90. The van der Waals surface area contributed by atoms with Crippen LogP contribution in [0.2, 0.25) is 0 Å². The number of benzene rings is 2. The summed E-state index contributed by atoms with van der Waals surface area (Å²) in [5, 5.41) is 7.73. The zero-order valence-corrected chi connectivity index (χ0v) is 15.6. The summed E-state index contributed by atoms with van der Waals surface area (Å²) in [5.41, 5.74) is -0.431. The molecule has 29 heavy (non-hydrogen) atoms. The van der Waals surface area contributed by atoms with Crippen molar-refractivity contribution in [2.45, 2.75) is 12.4 Å². The molecule has 0 aliphatic heterocycles. The second-order valence-corrected chi connectivity index (χ2v) is 5.78. The Morgan fingerprint density at radius 3 is 1.28 bits per heavy atom. The lowest BCUT2D eigenvalue weighted by Gasteiger charge is -2.05. The molecule has 10 heteroatoms. The predicted molar refractivity (Wildman–Crippen MR) is 103 cm³/mol. The number of hydrogen-bond acceptors (Lipinski definition) is 3. The minimum Gasteiger partial charge on any atom is -0.306 e. The smallest absolute Gasteiger partial charge is 0.306 e. The van der Waals surface area contributed by atoms with Crippen LogP contribution in [-0.4, -0.2) is 31.2 Å². The summed E-state index contributed by atoms with van der Waals surface area (Å²) < 4.78 is 74.8. The van der Waals surface area contributed by atoms with Gasteiger partial charge in [0.2, 0.25) is 0 Å². The normalized spacial score (nSPS) is 12.3. The zero-order valence-electron chi connectivity index (χ0n) is 14.8. The lowest BCUT2D eigenvalue weighted by molar-refractivity contribution is -0.138. The van der Waals surface area contributed by atoms with Gasteiger partial charge in [0.05, 0.1) is 29.9 Å². The quantitative estimate of drug-likeness (QED) is 0.447. The Bertz CT molecular complexity index is 782. The molecule has 0 saturated carbocycles. The van der Waals surface area contributed by atoms with Crippen molar-refractivity contribution in [2.75, 3.05) is 13.1 Å². The molecule has 2 aromatic carbocycles. The molecule has 0 bridgehead atoms. The maximum atomic E-state index is 12.5. The minimum absolute atomic E-state index is 0. The molecule has 156 valence electrons. The first kappa shape index (κ1) is 24.4. The third-order valence-corrected chi connectivity index (χ3v) is 3.52. The predicted octanol–water partition coefficient (Wildman–Crippen LogP) is 5.70. The maximum absolute atomic E-state index is 12.5. The molecule has 0 heterocycles. The summed E-state index contributed by atoms with van der Waals surface area (Å²) in [7, 11) is 0. The largest absolute Gasteiger partial charge is 0.416 e. The van der Waals surface area contributed by atoms with Gasteiger partial charge in [-0.15, -0.1) is 12.4 Å². The van der Waals surface area contributed by atoms with Gasteiger partial charge in [0.15, 0.2) is 0 Å². The Hall–Kier alpha value is -2.68. The number of rotatable bonds is 6. The summed E-state index contributed by atoms with van der Waals surface area (Å²) in [6.45, 7) is 0.0107. The van der Waals surface area contributed by atoms with E-state index < -0.39 is 23.5 Å². The fourth-order valence-corrected chi connectivity index (χ4v) is 2.09. The second kappa shape index (κ2) is 10.2. The van der Waals surface area contributed by atoms with Crippen molar-refractivity contribution in [3.63, 3.8) is 0 Å². The van der Waals surface area contributed by atoms with Crippen LogP contribution in [-0.2, 0) is 12.4 Å². The van der Waals surface area contributed by atoms with Gasteiger partial charge in [-0.25, -0.2) is 0 Å². The van der Waals surface area contributed by atoms with E-state index in [-0.39, 0.29) is 31.2 Å². The Morgan fingerprint density at radius 2 is 1.00 bits per heavy atom. The van der Waals surface area contributed by atoms with E-state index in [9.17, 15) is 26.3 Å². The molecule has 0 spiro atoms. The highest BCUT2D eigenvalue weighted by atomic mass is 35.5. The van der Waals surface area contributed by atoms with E-state index in [1.54, 1.807) is 0 Å². The van der Waals surface area contributed by atoms with Crippen molar-refractivity contribution in [3.8, 4) is 0 Å². The van der Waals surface area contributed by atoms with Crippen LogP contribution < -0.4 is 0 Å². The van der Waals surface area contributed by atoms with E-state index in [4.69, 9.17) is 5.41 Å². The first-order chi connectivity index (χ1) is 13.1. The first-order valence-electron chi connectivity index (χ1n) is 7.96. The van der Waals surface area contributed by atoms with Crippen molar-refractivity contribution in [1.29, 1.82) is 5.41 Å². The monoisotopic (exact) mass is 435 g/mol. The Labute approximate surface area is 169 Å². The van der Waals surface area contributed by atoms with Crippen molar-refractivity contribution in [3.05, 3.63) is 70.8 Å². The topological polar surface area (TPSA) is 48.6 Å². The average Bonchev–Trinajstić information content (AvgIpc) is 2.61. The number of nitrogens with one attached hydrogen (secondary N) is 1. The Morgan fingerprint density at radius 1 is 0.690 bits per heavy atom. The van der Waals surface area contributed by atoms with Gasteiger partial charge in [0.25, 0.3) is 0 Å². The van der Waals surface area contributed by atoms with Crippen molar-refractivity contribution < 1.29 is 26.3 Å². The molecule has 0 fully saturated rings. The number of nitrogens with zero attached hydrogens (tertiary/aromatic N) is 2. The summed E-state index contributed by atoms with van der Waals surface area (Å²) in [6, 6.07) is 8.89. The van der Waals surface area contributed by atoms with E-state index in [2.05, 4.69) is 9.98 Å². The fraction of sp³-hybridized carbons (Fsp3) is 0.211. The number of halogens is 7. The zero-order chi connectivity index (χ0) is 20.8. The molecule has 1 N–H and O–H groups in total. The molecule has 0 amide bonds. The van der Waals surface area contributed by atoms with E-state index in [0.717, 1.165) is 24.3 Å². The van der Waals surface area contributed by atoms with E-state index >= 15 is 0 Å². The van der Waals surface area contributed by atoms with E-state index in [0.29, 0.717) is 11.1 Å². The Kier molecular flexibility index (Phi) is 8.57. The van der Waals surface area contributed by atoms with Gasteiger partial charge in [-0.3, -0.25) is 9.98 Å². The van der Waals surface area contributed by atoms with Crippen molar-refractivity contribution in [1.82, 2.24) is 0 Å². The van der Waals surface area contributed by atoms with E-state index in [1.165, 1.54) is 36.7 Å². The van der Waals surface area contributed by atoms with Crippen LogP contribution >= 0.6 is 12.4 Å². The molecular formula is C19H16ClF6N3. The lowest BCUT2D eigenvalue weighted by atomic mass is 10.1. The highest BCUT2D eigenvalue weighted by Crippen LogP contribution is 2.29. The summed E-state index contributed by atoms with van der Waals surface area (Å²) >= 11 is 0. The SMILES string of the molecule is Cl.N=C(CN=Cc1ccc(C(F)(F)F)cc1)CN=Cc1ccc(C(F)(F)F)cc1. The molecule has 2 rings (SSSR count). The maximum Gasteiger partial charge on any atom is 0.416 e. The van der Waals surface area contributed by atoms with Crippen LogP contribution in [0.1, 0.15) is 22.3 Å². The fourth-order valence-electron chi connectivity index (χ4n) is 2.09. The molecule has 0 radical (unpaired) electrons. The molecule has 0 aromatic heterocycles. The first-order valence-corrected chi connectivity index (χ1v) is 7.96. The number of alkyl halides is 6. The summed E-state index contributed by atoms with van der Waals surface area (Å²) in [6.07, 6.45) is -6.09. The molecular weight excluding hydrogens is 420 g/mol. The third kappa shape index (κ3) is 8.06. The van der Waals surface area contributed by atoms with Crippen LogP contribution in [0.4, 0.5) is 26.3 Å². The van der Waals surface area contributed by atoms with Gasteiger partial charge in [-0.05, 0) is 35.4 Å².